The Morgan fingerprint density at radius 2 is 1.85 bits per heavy atom. The van der Waals surface area contributed by atoms with Crippen molar-refractivity contribution in [2.24, 2.45) is 5.14 Å². The first-order chi connectivity index (χ1) is 12.9. The van der Waals surface area contributed by atoms with Gasteiger partial charge in [-0.05, 0) is 77.4 Å². The van der Waals surface area contributed by atoms with Crippen molar-refractivity contribution in [2.45, 2.75) is 49.1 Å². The van der Waals surface area contributed by atoms with Crippen LogP contribution in [0.25, 0.3) is 0 Å². The van der Waals surface area contributed by atoms with E-state index in [-0.39, 0.29) is 22.9 Å². The van der Waals surface area contributed by atoms with Crippen LogP contribution in [0.5, 0.6) is 0 Å². The number of primary sulfonamides is 1. The molecule has 27 heavy (non-hydrogen) atoms. The number of nitrogens with two attached hydrogens (primary N) is 1. The van der Waals surface area contributed by atoms with Crippen molar-refractivity contribution in [1.82, 2.24) is 4.90 Å². The Kier molecular flexibility index (Phi) is 4.86. The molecule has 5 nitrogen and oxygen atoms in total. The lowest BCUT2D eigenvalue weighted by Crippen LogP contribution is -2.38. The molecule has 0 aliphatic heterocycles. The van der Waals surface area contributed by atoms with Gasteiger partial charge in [-0.25, -0.2) is 13.6 Å². The smallest absolute Gasteiger partial charge is 0.255 e. The quantitative estimate of drug-likeness (QED) is 0.772. The summed E-state index contributed by atoms with van der Waals surface area (Å²) in [5, 5.41) is 5.26. The number of sulfonamides is 1. The molecule has 1 unspecified atom stereocenters. The maximum absolute atomic E-state index is 13.5. The molecule has 0 bridgehead atoms. The Morgan fingerprint density at radius 3 is 2.56 bits per heavy atom. The summed E-state index contributed by atoms with van der Waals surface area (Å²) in [6, 6.07) is 12.9. The van der Waals surface area contributed by atoms with Gasteiger partial charge in [-0.15, -0.1) is 0 Å². The molecule has 2 aromatic carbocycles. The molecule has 1 atom stereocenters. The highest BCUT2D eigenvalue weighted by atomic mass is 79.9. The SMILES string of the molecule is NS(=O)(=O)c1ccc(Br)c(C(=O)N(C2CC2)C2CCCc3ccccc32)c1. The molecule has 1 amide bonds. The number of carbonyl (C=O) groups excluding carboxylic acids is 1. The van der Waals surface area contributed by atoms with Gasteiger partial charge in [0.25, 0.3) is 5.91 Å². The van der Waals surface area contributed by atoms with E-state index in [1.54, 1.807) is 6.07 Å². The third-order valence-corrected chi connectivity index (χ3v) is 6.95. The fraction of sp³-hybridized carbons (Fsp3) is 0.350. The maximum atomic E-state index is 13.5. The van der Waals surface area contributed by atoms with Crippen molar-refractivity contribution in [1.29, 1.82) is 0 Å². The standard InChI is InChI=1S/C20H21BrN2O3S/c21-18-11-10-15(27(22,25)26)12-17(18)20(24)23(14-8-9-14)19-7-3-5-13-4-1-2-6-16(13)19/h1-2,4,6,10-12,14,19H,3,5,7-9H2,(H2,22,25,26). The van der Waals surface area contributed by atoms with E-state index in [0.29, 0.717) is 10.0 Å². The van der Waals surface area contributed by atoms with Crippen LogP contribution in [0, 0.1) is 0 Å². The summed E-state index contributed by atoms with van der Waals surface area (Å²) in [6.45, 7) is 0. The highest BCUT2D eigenvalue weighted by Gasteiger charge is 2.40. The van der Waals surface area contributed by atoms with Crippen molar-refractivity contribution in [3.8, 4) is 0 Å². The van der Waals surface area contributed by atoms with Crippen molar-refractivity contribution in [2.75, 3.05) is 0 Å². The van der Waals surface area contributed by atoms with Gasteiger partial charge >= 0.3 is 0 Å². The summed E-state index contributed by atoms with van der Waals surface area (Å²) in [6.07, 6.45) is 4.96. The number of rotatable bonds is 4. The summed E-state index contributed by atoms with van der Waals surface area (Å²) < 4.78 is 24.1. The molecule has 0 spiro atoms. The maximum Gasteiger partial charge on any atom is 0.255 e. The largest absolute Gasteiger partial charge is 0.329 e. The minimum Gasteiger partial charge on any atom is -0.329 e. The summed E-state index contributed by atoms with van der Waals surface area (Å²) in [5.41, 5.74) is 2.85. The van der Waals surface area contributed by atoms with Gasteiger partial charge in [0.2, 0.25) is 10.0 Å². The predicted molar refractivity (Wildman–Crippen MR) is 107 cm³/mol. The number of carbonyl (C=O) groups is 1. The topological polar surface area (TPSA) is 80.5 Å². The van der Waals surface area contributed by atoms with Gasteiger partial charge in [-0.3, -0.25) is 4.79 Å². The molecule has 1 fully saturated rings. The minimum absolute atomic E-state index is 0.0278. The van der Waals surface area contributed by atoms with Crippen molar-refractivity contribution >= 4 is 31.9 Å². The first-order valence-electron chi connectivity index (χ1n) is 9.09. The first-order valence-corrected chi connectivity index (χ1v) is 11.4. The Hall–Kier alpha value is -1.70. The normalized spacial score (nSPS) is 19.4. The number of nitrogens with zero attached hydrogens (tertiary/aromatic N) is 1. The van der Waals surface area contributed by atoms with E-state index in [1.165, 1.54) is 23.3 Å². The minimum atomic E-state index is -3.87. The second-order valence-corrected chi connectivity index (χ2v) is 9.65. The zero-order valence-corrected chi connectivity index (χ0v) is 17.2. The molecule has 142 valence electrons. The molecule has 2 N–H and O–H groups in total. The Labute approximate surface area is 167 Å². The molecule has 2 aliphatic carbocycles. The number of hydrogen-bond donors (Lipinski definition) is 1. The molecular formula is C20H21BrN2O3S. The molecule has 2 aliphatic rings. The highest BCUT2D eigenvalue weighted by Crippen LogP contribution is 2.42. The van der Waals surface area contributed by atoms with E-state index in [0.717, 1.165) is 32.1 Å². The van der Waals surface area contributed by atoms with Gasteiger partial charge in [0.15, 0.2) is 0 Å². The van der Waals surface area contributed by atoms with E-state index >= 15 is 0 Å². The fourth-order valence-corrected chi connectivity index (χ4v) is 4.87. The zero-order chi connectivity index (χ0) is 19.2. The number of aryl methyl sites for hydroxylation is 1. The third kappa shape index (κ3) is 3.68. The Morgan fingerprint density at radius 1 is 1.11 bits per heavy atom. The van der Waals surface area contributed by atoms with Crippen LogP contribution in [0.2, 0.25) is 0 Å². The van der Waals surface area contributed by atoms with Gasteiger partial charge in [0.1, 0.15) is 0 Å². The number of amides is 1. The van der Waals surface area contributed by atoms with Crippen LogP contribution in [0.4, 0.5) is 0 Å². The van der Waals surface area contributed by atoms with E-state index < -0.39 is 10.0 Å². The molecule has 0 saturated heterocycles. The Bertz CT molecular complexity index is 1000. The molecule has 7 heteroatoms. The van der Waals surface area contributed by atoms with Crippen molar-refractivity contribution in [3.63, 3.8) is 0 Å². The van der Waals surface area contributed by atoms with Crippen LogP contribution in [-0.4, -0.2) is 25.3 Å². The van der Waals surface area contributed by atoms with E-state index in [4.69, 9.17) is 5.14 Å². The van der Waals surface area contributed by atoms with Gasteiger partial charge in [0, 0.05) is 10.5 Å². The van der Waals surface area contributed by atoms with Crippen LogP contribution in [-0.2, 0) is 16.4 Å². The lowest BCUT2D eigenvalue weighted by atomic mass is 9.86. The van der Waals surface area contributed by atoms with Crippen LogP contribution < -0.4 is 5.14 Å². The van der Waals surface area contributed by atoms with Crippen molar-refractivity contribution < 1.29 is 13.2 Å². The number of fused-ring (bicyclic) bond motifs is 1. The fourth-order valence-electron chi connectivity index (χ4n) is 3.92. The van der Waals surface area contributed by atoms with E-state index in [1.807, 2.05) is 17.0 Å². The van der Waals surface area contributed by atoms with Gasteiger partial charge in [-0.2, -0.15) is 0 Å². The van der Waals surface area contributed by atoms with Crippen LogP contribution in [0.1, 0.15) is 53.2 Å². The molecule has 0 aromatic heterocycles. The van der Waals surface area contributed by atoms with Gasteiger partial charge in [-0.1, -0.05) is 24.3 Å². The van der Waals surface area contributed by atoms with Crippen molar-refractivity contribution in [3.05, 3.63) is 63.6 Å². The first kappa shape index (κ1) is 18.7. The average Bonchev–Trinajstić information content (AvgIpc) is 3.46. The number of hydrogen-bond acceptors (Lipinski definition) is 3. The molecule has 2 aromatic rings. The molecule has 0 heterocycles. The summed E-state index contributed by atoms with van der Waals surface area (Å²) in [7, 11) is -3.87. The van der Waals surface area contributed by atoms with Gasteiger partial charge < -0.3 is 4.90 Å². The highest BCUT2D eigenvalue weighted by molar-refractivity contribution is 9.10. The summed E-state index contributed by atoms with van der Waals surface area (Å²) in [5.74, 6) is -0.142. The lowest BCUT2D eigenvalue weighted by molar-refractivity contribution is 0.0636. The summed E-state index contributed by atoms with van der Waals surface area (Å²) >= 11 is 3.41. The van der Waals surface area contributed by atoms with Crippen LogP contribution in [0.3, 0.4) is 0 Å². The molecular weight excluding hydrogens is 428 g/mol. The molecule has 0 radical (unpaired) electrons. The third-order valence-electron chi connectivity index (χ3n) is 5.35. The zero-order valence-electron chi connectivity index (χ0n) is 14.8. The monoisotopic (exact) mass is 448 g/mol. The van der Waals surface area contributed by atoms with Crippen LogP contribution in [0.15, 0.2) is 51.8 Å². The summed E-state index contributed by atoms with van der Waals surface area (Å²) in [4.78, 5) is 15.4. The molecule has 4 rings (SSSR count). The number of benzene rings is 2. The predicted octanol–water partition coefficient (Wildman–Crippen LogP) is 3.78. The molecule has 1 saturated carbocycles. The van der Waals surface area contributed by atoms with Gasteiger partial charge in [0.05, 0.1) is 16.5 Å². The Balaban J connectivity index is 1.76. The lowest BCUT2D eigenvalue weighted by Gasteiger charge is -2.36. The van der Waals surface area contributed by atoms with Crippen LogP contribution >= 0.6 is 15.9 Å². The van der Waals surface area contributed by atoms with E-state index in [9.17, 15) is 13.2 Å². The second kappa shape index (κ2) is 7.04. The average molecular weight is 449 g/mol. The van der Waals surface area contributed by atoms with E-state index in [2.05, 4.69) is 28.1 Å². The second-order valence-electron chi connectivity index (χ2n) is 7.24. The number of halogens is 1.